The summed E-state index contributed by atoms with van der Waals surface area (Å²) in [4.78, 5) is 23.4. The molecule has 1 aromatic heterocycles. The molecule has 0 bridgehead atoms. The van der Waals surface area contributed by atoms with Gasteiger partial charge in [0.05, 0.1) is 5.75 Å². The first-order valence-electron chi connectivity index (χ1n) is 8.16. The number of allylic oxidation sites excluding steroid dienone is 1. The lowest BCUT2D eigenvalue weighted by molar-refractivity contribution is -0.114. The van der Waals surface area contributed by atoms with Crippen molar-refractivity contribution in [3.05, 3.63) is 48.3 Å². The number of benzene rings is 1. The number of rotatable bonds is 8. The number of nitrogens with zero attached hydrogens (tertiary/aromatic N) is 3. The van der Waals surface area contributed by atoms with E-state index < -0.39 is 0 Å². The van der Waals surface area contributed by atoms with Crippen molar-refractivity contribution < 1.29 is 9.59 Å². The van der Waals surface area contributed by atoms with Gasteiger partial charge in [-0.15, -0.1) is 16.8 Å². The first-order chi connectivity index (χ1) is 12.1. The standard InChI is InChI=1S/C18H20N4O2S/c1-3-10-22-17(14-4-5-14)20-21-18(22)25-11-16(24)13-6-8-15(9-7-13)19-12(2)23/h3,6-9,14H,1,4-5,10-11H2,2H3,(H,19,23). The topological polar surface area (TPSA) is 76.9 Å². The smallest absolute Gasteiger partial charge is 0.221 e. The van der Waals surface area contributed by atoms with E-state index in [9.17, 15) is 9.59 Å². The summed E-state index contributed by atoms with van der Waals surface area (Å²) in [6.45, 7) is 5.89. The van der Waals surface area contributed by atoms with Crippen LogP contribution in [0.25, 0.3) is 0 Å². The number of carbonyl (C=O) groups is 2. The van der Waals surface area contributed by atoms with E-state index in [1.165, 1.54) is 18.7 Å². The fourth-order valence-electron chi connectivity index (χ4n) is 2.51. The third-order valence-corrected chi connectivity index (χ3v) is 4.83. The average molecular weight is 356 g/mol. The number of carbonyl (C=O) groups excluding carboxylic acids is 2. The monoisotopic (exact) mass is 356 g/mol. The molecule has 1 amide bonds. The fraction of sp³-hybridized carbons (Fsp3) is 0.333. The predicted molar refractivity (Wildman–Crippen MR) is 98.0 cm³/mol. The van der Waals surface area contributed by atoms with E-state index in [1.807, 2.05) is 10.6 Å². The van der Waals surface area contributed by atoms with E-state index in [4.69, 9.17) is 0 Å². The Bertz CT molecular complexity index is 794. The highest BCUT2D eigenvalue weighted by Crippen LogP contribution is 2.40. The molecule has 6 nitrogen and oxygen atoms in total. The molecule has 0 unspecified atom stereocenters. The first-order valence-corrected chi connectivity index (χ1v) is 9.14. The molecule has 1 fully saturated rings. The lowest BCUT2D eigenvalue weighted by Gasteiger charge is -2.07. The first kappa shape index (κ1) is 17.4. The maximum Gasteiger partial charge on any atom is 0.221 e. The van der Waals surface area contributed by atoms with Crippen LogP contribution in [0.1, 0.15) is 41.9 Å². The van der Waals surface area contributed by atoms with Crippen molar-refractivity contribution in [3.8, 4) is 0 Å². The zero-order valence-corrected chi connectivity index (χ0v) is 14.9. The summed E-state index contributed by atoms with van der Waals surface area (Å²) < 4.78 is 2.04. The van der Waals surface area contributed by atoms with E-state index in [2.05, 4.69) is 22.1 Å². The average Bonchev–Trinajstić information content (AvgIpc) is 3.35. The molecule has 1 aliphatic carbocycles. The quantitative estimate of drug-likeness (QED) is 0.446. The van der Waals surface area contributed by atoms with Crippen molar-refractivity contribution in [1.29, 1.82) is 0 Å². The van der Waals surface area contributed by atoms with Gasteiger partial charge in [0.15, 0.2) is 10.9 Å². The summed E-state index contributed by atoms with van der Waals surface area (Å²) in [5.41, 5.74) is 1.29. The number of thioether (sulfide) groups is 1. The number of amides is 1. The Morgan fingerprint density at radius 3 is 2.64 bits per heavy atom. The maximum absolute atomic E-state index is 12.4. The summed E-state index contributed by atoms with van der Waals surface area (Å²) >= 11 is 1.39. The Morgan fingerprint density at radius 2 is 2.04 bits per heavy atom. The SMILES string of the molecule is C=CCn1c(SCC(=O)c2ccc(NC(C)=O)cc2)nnc1C1CC1. The number of nitrogens with one attached hydrogen (secondary N) is 1. The minimum absolute atomic E-state index is 0.0144. The van der Waals surface area contributed by atoms with Gasteiger partial charge in [0.2, 0.25) is 5.91 Å². The van der Waals surface area contributed by atoms with Gasteiger partial charge >= 0.3 is 0 Å². The molecule has 0 atom stereocenters. The number of anilines is 1. The summed E-state index contributed by atoms with van der Waals surface area (Å²) in [7, 11) is 0. The van der Waals surface area contributed by atoms with Crippen molar-refractivity contribution in [2.24, 2.45) is 0 Å². The third kappa shape index (κ3) is 4.36. The summed E-state index contributed by atoms with van der Waals surface area (Å²) in [6.07, 6.45) is 4.13. The molecule has 1 aromatic carbocycles. The van der Waals surface area contributed by atoms with Crippen LogP contribution in [0.3, 0.4) is 0 Å². The minimum atomic E-state index is -0.136. The Balaban J connectivity index is 1.64. The van der Waals surface area contributed by atoms with Crippen molar-refractivity contribution in [1.82, 2.24) is 14.8 Å². The number of aromatic nitrogens is 3. The Kier molecular flexibility index (Phi) is 5.33. The molecule has 1 saturated carbocycles. The van der Waals surface area contributed by atoms with E-state index in [-0.39, 0.29) is 11.7 Å². The van der Waals surface area contributed by atoms with Gasteiger partial charge in [0, 0.05) is 30.6 Å². The summed E-state index contributed by atoms with van der Waals surface area (Å²) in [5, 5.41) is 12.0. The third-order valence-electron chi connectivity index (χ3n) is 3.86. The van der Waals surface area contributed by atoms with Crippen LogP contribution in [0.5, 0.6) is 0 Å². The van der Waals surface area contributed by atoms with Crippen molar-refractivity contribution >= 4 is 29.1 Å². The molecule has 2 aromatic rings. The number of hydrogen-bond donors (Lipinski definition) is 1. The molecule has 0 saturated heterocycles. The van der Waals surface area contributed by atoms with E-state index in [0.29, 0.717) is 29.5 Å². The summed E-state index contributed by atoms with van der Waals surface area (Å²) in [6, 6.07) is 6.89. The van der Waals surface area contributed by atoms with Gasteiger partial charge in [-0.25, -0.2) is 0 Å². The molecule has 1 aliphatic rings. The van der Waals surface area contributed by atoms with Gasteiger partial charge in [-0.2, -0.15) is 0 Å². The van der Waals surface area contributed by atoms with E-state index >= 15 is 0 Å². The Hall–Kier alpha value is -2.41. The molecule has 0 radical (unpaired) electrons. The predicted octanol–water partition coefficient (Wildman–Crippen LogP) is 3.27. The number of ketones is 1. The fourth-order valence-corrected chi connectivity index (χ4v) is 3.36. The molecule has 25 heavy (non-hydrogen) atoms. The minimum Gasteiger partial charge on any atom is -0.326 e. The molecule has 7 heteroatoms. The normalized spacial score (nSPS) is 13.5. The van der Waals surface area contributed by atoms with Crippen molar-refractivity contribution in [2.45, 2.75) is 37.4 Å². The molecule has 1 heterocycles. The largest absolute Gasteiger partial charge is 0.326 e. The van der Waals surface area contributed by atoms with Crippen LogP contribution < -0.4 is 5.32 Å². The zero-order chi connectivity index (χ0) is 17.8. The second-order valence-corrected chi connectivity index (χ2v) is 6.93. The molecule has 0 aliphatic heterocycles. The van der Waals surface area contributed by atoms with Gasteiger partial charge in [-0.05, 0) is 37.1 Å². The molecule has 130 valence electrons. The summed E-state index contributed by atoms with van der Waals surface area (Å²) in [5.74, 6) is 1.66. The van der Waals surface area contributed by atoms with Crippen LogP contribution in [0.2, 0.25) is 0 Å². The molecule has 1 N–H and O–H groups in total. The lowest BCUT2D eigenvalue weighted by atomic mass is 10.1. The van der Waals surface area contributed by atoms with Gasteiger partial charge in [0.25, 0.3) is 0 Å². The second kappa shape index (κ2) is 7.65. The van der Waals surface area contributed by atoms with Gasteiger partial charge in [-0.1, -0.05) is 17.8 Å². The highest BCUT2D eigenvalue weighted by Gasteiger charge is 2.30. The van der Waals surface area contributed by atoms with Gasteiger partial charge in [0.1, 0.15) is 5.82 Å². The zero-order valence-electron chi connectivity index (χ0n) is 14.1. The Morgan fingerprint density at radius 1 is 1.32 bits per heavy atom. The molecular formula is C18H20N4O2S. The van der Waals surface area contributed by atoms with E-state index in [1.54, 1.807) is 24.3 Å². The van der Waals surface area contributed by atoms with Crippen LogP contribution in [0.4, 0.5) is 5.69 Å². The maximum atomic E-state index is 12.4. The van der Waals surface area contributed by atoms with Crippen LogP contribution in [-0.4, -0.2) is 32.2 Å². The highest BCUT2D eigenvalue weighted by molar-refractivity contribution is 7.99. The number of Topliss-reactive ketones (excluding diaryl/α,β-unsaturated/α-hetero) is 1. The molecular weight excluding hydrogens is 336 g/mol. The molecule has 3 rings (SSSR count). The van der Waals surface area contributed by atoms with Crippen LogP contribution in [0, 0.1) is 0 Å². The molecule has 0 spiro atoms. The second-order valence-electron chi connectivity index (χ2n) is 5.98. The van der Waals surface area contributed by atoms with Gasteiger partial charge < -0.3 is 9.88 Å². The van der Waals surface area contributed by atoms with Crippen LogP contribution in [-0.2, 0) is 11.3 Å². The van der Waals surface area contributed by atoms with Crippen LogP contribution >= 0.6 is 11.8 Å². The Labute approximate surface area is 150 Å². The lowest BCUT2D eigenvalue weighted by Crippen LogP contribution is -2.08. The highest BCUT2D eigenvalue weighted by atomic mass is 32.2. The van der Waals surface area contributed by atoms with Gasteiger partial charge in [-0.3, -0.25) is 9.59 Å². The van der Waals surface area contributed by atoms with E-state index in [0.717, 1.165) is 23.8 Å². The van der Waals surface area contributed by atoms with Crippen LogP contribution in [0.15, 0.2) is 42.1 Å². The van der Waals surface area contributed by atoms with Crippen molar-refractivity contribution in [2.75, 3.05) is 11.1 Å². The number of hydrogen-bond acceptors (Lipinski definition) is 5. The van der Waals surface area contributed by atoms with Crippen molar-refractivity contribution in [3.63, 3.8) is 0 Å².